The number of rotatable bonds is 1. The molecule has 3 saturated heterocycles. The summed E-state index contributed by atoms with van der Waals surface area (Å²) in [6.45, 7) is 0.740. The van der Waals surface area contributed by atoms with Gasteiger partial charge in [0, 0.05) is 16.1 Å². The van der Waals surface area contributed by atoms with E-state index in [2.05, 4.69) is 20.8 Å². The molecule has 37 heavy (non-hydrogen) atoms. The molecule has 3 aromatic carbocycles. The van der Waals surface area contributed by atoms with E-state index in [1.807, 2.05) is 60.7 Å². The van der Waals surface area contributed by atoms with Crippen LogP contribution < -0.4 is 10.5 Å². The zero-order valence-corrected chi connectivity index (χ0v) is 21.3. The predicted octanol–water partition coefficient (Wildman–Crippen LogP) is 3.99. The van der Waals surface area contributed by atoms with Crippen LogP contribution >= 0.6 is 15.9 Å². The second-order valence-corrected chi connectivity index (χ2v) is 11.1. The van der Waals surface area contributed by atoms with Gasteiger partial charge in [-0.3, -0.25) is 23.9 Å². The Morgan fingerprint density at radius 1 is 0.865 bits per heavy atom. The average molecular weight is 553 g/mol. The molecule has 0 N–H and O–H groups in total. The van der Waals surface area contributed by atoms with Crippen LogP contribution in [0.2, 0.25) is 0 Å². The van der Waals surface area contributed by atoms with Crippen LogP contribution in [0.25, 0.3) is 16.6 Å². The lowest BCUT2D eigenvalue weighted by Gasteiger charge is -2.38. The van der Waals surface area contributed by atoms with E-state index in [0.29, 0.717) is 26.9 Å². The first-order valence-corrected chi connectivity index (χ1v) is 13.4. The summed E-state index contributed by atoms with van der Waals surface area (Å²) in [7, 11) is 0. The summed E-state index contributed by atoms with van der Waals surface area (Å²) in [6, 6.07) is 22.4. The fraction of sp³-hybridized carbons (Fsp3) is 0.241. The molecule has 3 fully saturated rings. The maximum atomic E-state index is 14.5. The second-order valence-electron chi connectivity index (χ2n) is 10.2. The molecule has 4 aliphatic heterocycles. The van der Waals surface area contributed by atoms with Crippen LogP contribution in [0.15, 0.2) is 82.1 Å². The van der Waals surface area contributed by atoms with Gasteiger partial charge < -0.3 is 0 Å². The largest absolute Gasteiger partial charge is 0.283 e. The molecule has 2 amide bonds. The molecular formula is C29H21BrN4O3. The van der Waals surface area contributed by atoms with Crippen LogP contribution in [-0.4, -0.2) is 38.9 Å². The number of aromatic nitrogens is 2. The van der Waals surface area contributed by atoms with Gasteiger partial charge in [0.1, 0.15) is 11.4 Å². The Morgan fingerprint density at radius 3 is 2.43 bits per heavy atom. The zero-order valence-electron chi connectivity index (χ0n) is 19.7. The van der Waals surface area contributed by atoms with Gasteiger partial charge in [-0.05, 0) is 65.6 Å². The molecular weight excluding hydrogens is 532 g/mol. The van der Waals surface area contributed by atoms with E-state index in [4.69, 9.17) is 4.98 Å². The summed E-state index contributed by atoms with van der Waals surface area (Å²) in [5, 5.41) is 0.536. The van der Waals surface area contributed by atoms with Crippen LogP contribution in [0, 0.1) is 11.8 Å². The van der Waals surface area contributed by atoms with E-state index in [1.54, 1.807) is 16.7 Å². The van der Waals surface area contributed by atoms with Gasteiger partial charge in [-0.2, -0.15) is 0 Å². The van der Waals surface area contributed by atoms with Gasteiger partial charge in [0.15, 0.2) is 0 Å². The quantitative estimate of drug-likeness (QED) is 0.334. The lowest BCUT2D eigenvalue weighted by Crippen LogP contribution is -2.51. The van der Waals surface area contributed by atoms with Crippen LogP contribution in [0.1, 0.15) is 24.2 Å². The number of benzene rings is 3. The molecule has 5 heterocycles. The van der Waals surface area contributed by atoms with Crippen LogP contribution in [0.4, 0.5) is 5.69 Å². The first-order valence-electron chi connectivity index (χ1n) is 12.6. The van der Waals surface area contributed by atoms with Crippen LogP contribution in [-0.2, 0) is 15.1 Å². The van der Waals surface area contributed by atoms with Gasteiger partial charge in [-0.15, -0.1) is 0 Å². The molecule has 8 rings (SSSR count). The van der Waals surface area contributed by atoms with Crippen molar-refractivity contribution in [3.8, 4) is 5.69 Å². The normalized spacial score (nSPS) is 27.7. The van der Waals surface area contributed by atoms with E-state index in [0.717, 1.165) is 30.6 Å². The molecule has 0 saturated carbocycles. The Morgan fingerprint density at radius 2 is 1.59 bits per heavy atom. The third-order valence-corrected chi connectivity index (χ3v) is 9.40. The highest BCUT2D eigenvalue weighted by molar-refractivity contribution is 9.10. The Balaban J connectivity index is 1.46. The van der Waals surface area contributed by atoms with E-state index in [1.165, 1.54) is 4.90 Å². The molecule has 4 aromatic rings. The minimum Gasteiger partial charge on any atom is -0.283 e. The number of para-hydroxylation sites is 3. The third kappa shape index (κ3) is 2.41. The maximum Gasteiger partial charge on any atom is 0.266 e. The van der Waals surface area contributed by atoms with Gasteiger partial charge in [0.25, 0.3) is 5.56 Å². The highest BCUT2D eigenvalue weighted by Gasteiger charge is 2.73. The van der Waals surface area contributed by atoms with Crippen molar-refractivity contribution in [1.29, 1.82) is 0 Å². The number of hydrogen-bond donors (Lipinski definition) is 0. The average Bonchev–Trinajstić information content (AvgIpc) is 3.62. The van der Waals surface area contributed by atoms with Crippen molar-refractivity contribution in [3.05, 3.63) is 99.0 Å². The number of nitrogens with zero attached hydrogens (tertiary/aromatic N) is 4. The van der Waals surface area contributed by atoms with Crippen molar-refractivity contribution in [2.75, 3.05) is 11.4 Å². The molecule has 1 aromatic heterocycles. The molecule has 4 atom stereocenters. The Labute approximate surface area is 220 Å². The topological polar surface area (TPSA) is 75.5 Å². The number of carbonyl (C=O) groups is 2. The Hall–Kier alpha value is -3.62. The fourth-order valence-electron chi connectivity index (χ4n) is 7.48. The SMILES string of the molecule is O=C1C2C3CCCN3C3(c4ccccc4-n4c3nc3ccccc3c4=O)C2C(=O)N1c1ccccc1Br. The number of halogens is 1. The highest BCUT2D eigenvalue weighted by atomic mass is 79.9. The van der Waals surface area contributed by atoms with Crippen LogP contribution in [0.3, 0.4) is 0 Å². The summed E-state index contributed by atoms with van der Waals surface area (Å²) >= 11 is 3.55. The molecule has 4 unspecified atom stereocenters. The molecule has 4 aliphatic rings. The molecule has 0 radical (unpaired) electrons. The summed E-state index contributed by atoms with van der Waals surface area (Å²) in [5.74, 6) is -1.05. The first kappa shape index (κ1) is 21.5. The molecule has 0 bridgehead atoms. The van der Waals surface area contributed by atoms with Crippen molar-refractivity contribution >= 4 is 44.3 Å². The molecule has 1 spiro atoms. The Kier molecular flexibility index (Phi) is 4.20. The van der Waals surface area contributed by atoms with E-state index in [-0.39, 0.29) is 23.4 Å². The third-order valence-electron chi connectivity index (χ3n) is 8.73. The second kappa shape index (κ2) is 7.24. The monoisotopic (exact) mass is 552 g/mol. The van der Waals surface area contributed by atoms with E-state index < -0.39 is 17.4 Å². The van der Waals surface area contributed by atoms with Gasteiger partial charge in [0.2, 0.25) is 11.8 Å². The van der Waals surface area contributed by atoms with Crippen molar-refractivity contribution in [3.63, 3.8) is 0 Å². The van der Waals surface area contributed by atoms with Crippen molar-refractivity contribution < 1.29 is 9.59 Å². The summed E-state index contributed by atoms with van der Waals surface area (Å²) in [5.41, 5.74) is 1.64. The van der Waals surface area contributed by atoms with Crippen molar-refractivity contribution in [1.82, 2.24) is 14.5 Å². The standard InChI is InChI=1S/C29H21BrN4O3/c30-18-10-3-6-13-21(18)33-26(36)23-22-14-7-15-32(22)29(24(23)27(33)37)17-9-2-5-12-20(17)34-25(35)16-8-1-4-11-19(16)31-28(29)34/h1-6,8-13,22-24H,7,14-15H2. The number of imide groups is 1. The van der Waals surface area contributed by atoms with Crippen LogP contribution in [0.5, 0.6) is 0 Å². The first-order chi connectivity index (χ1) is 18.0. The highest BCUT2D eigenvalue weighted by Crippen LogP contribution is 2.62. The minimum absolute atomic E-state index is 0.100. The number of hydrogen-bond acceptors (Lipinski definition) is 5. The van der Waals surface area contributed by atoms with Gasteiger partial charge in [0.05, 0.1) is 34.1 Å². The predicted molar refractivity (Wildman–Crippen MR) is 141 cm³/mol. The smallest absolute Gasteiger partial charge is 0.266 e. The number of amides is 2. The number of carbonyl (C=O) groups excluding carboxylic acids is 2. The summed E-state index contributed by atoms with van der Waals surface area (Å²) < 4.78 is 2.38. The van der Waals surface area contributed by atoms with Gasteiger partial charge in [-0.25, -0.2) is 9.88 Å². The van der Waals surface area contributed by atoms with Gasteiger partial charge in [-0.1, -0.05) is 42.5 Å². The Bertz CT molecular complexity index is 1750. The zero-order chi connectivity index (χ0) is 25.1. The molecule has 7 nitrogen and oxygen atoms in total. The fourth-order valence-corrected chi connectivity index (χ4v) is 7.95. The minimum atomic E-state index is -0.992. The van der Waals surface area contributed by atoms with Gasteiger partial charge >= 0.3 is 0 Å². The van der Waals surface area contributed by atoms with Crippen molar-refractivity contribution in [2.24, 2.45) is 11.8 Å². The lowest BCUT2D eigenvalue weighted by atomic mass is 9.75. The van der Waals surface area contributed by atoms with E-state index in [9.17, 15) is 14.4 Å². The number of fused-ring (bicyclic) bond motifs is 11. The van der Waals surface area contributed by atoms with E-state index >= 15 is 0 Å². The molecule has 182 valence electrons. The van der Waals surface area contributed by atoms with Crippen molar-refractivity contribution in [2.45, 2.75) is 24.4 Å². The molecule has 8 heteroatoms. The molecule has 0 aliphatic carbocycles. The maximum absolute atomic E-state index is 14.5. The summed E-state index contributed by atoms with van der Waals surface area (Å²) in [6.07, 6.45) is 1.75. The summed E-state index contributed by atoms with van der Waals surface area (Å²) in [4.78, 5) is 51.2. The lowest BCUT2D eigenvalue weighted by molar-refractivity contribution is -0.124. The number of anilines is 1.